The molecule has 0 aromatic heterocycles. The smallest absolute Gasteiger partial charge is 0.150 e. The summed E-state index contributed by atoms with van der Waals surface area (Å²) in [4.78, 5) is 0. The van der Waals surface area contributed by atoms with Crippen LogP contribution in [0.3, 0.4) is 0 Å². The molecule has 0 radical (unpaired) electrons. The Hall–Kier alpha value is -1.51. The maximum absolute atomic E-state index is 10.3. The van der Waals surface area contributed by atoms with Crippen molar-refractivity contribution in [1.29, 1.82) is 0 Å². The minimum absolute atomic E-state index is 0.311. The number of hydrogen-bond donors (Lipinski definition) is 1. The molecule has 3 rings (SSSR count). The summed E-state index contributed by atoms with van der Waals surface area (Å²) in [5.74, 6) is 0.820. The zero-order chi connectivity index (χ0) is 13.4. The molecule has 1 aliphatic heterocycles. The zero-order valence-corrected chi connectivity index (χ0v) is 11.4. The summed E-state index contributed by atoms with van der Waals surface area (Å²) in [6.07, 6.45) is -0.294. The number of fused-ring (bicyclic) bond motifs is 1. The van der Waals surface area contributed by atoms with Gasteiger partial charge in [-0.2, -0.15) is 0 Å². The van der Waals surface area contributed by atoms with E-state index in [2.05, 4.69) is 0 Å². The van der Waals surface area contributed by atoms with Crippen LogP contribution < -0.4 is 4.74 Å². The third-order valence-electron chi connectivity index (χ3n) is 3.50. The van der Waals surface area contributed by atoms with Gasteiger partial charge in [0.1, 0.15) is 11.9 Å². The van der Waals surface area contributed by atoms with Gasteiger partial charge in [0, 0.05) is 11.4 Å². The molecule has 0 saturated heterocycles. The van der Waals surface area contributed by atoms with Gasteiger partial charge < -0.3 is 9.84 Å². The lowest BCUT2D eigenvalue weighted by Gasteiger charge is -2.31. The van der Waals surface area contributed by atoms with Gasteiger partial charge in [-0.1, -0.05) is 41.9 Å². The van der Waals surface area contributed by atoms with E-state index < -0.39 is 6.10 Å². The summed E-state index contributed by atoms with van der Waals surface area (Å²) in [6, 6.07) is 13.6. The quantitative estimate of drug-likeness (QED) is 0.859. The van der Waals surface area contributed by atoms with Crippen molar-refractivity contribution in [3.63, 3.8) is 0 Å². The van der Waals surface area contributed by atoms with Crippen LogP contribution in [-0.2, 0) is 6.42 Å². The molecule has 0 aliphatic carbocycles. The van der Waals surface area contributed by atoms with Crippen LogP contribution >= 0.6 is 11.6 Å². The van der Waals surface area contributed by atoms with E-state index in [0.29, 0.717) is 11.4 Å². The maximum atomic E-state index is 10.3. The van der Waals surface area contributed by atoms with E-state index in [1.165, 1.54) is 0 Å². The fourth-order valence-electron chi connectivity index (χ4n) is 2.45. The van der Waals surface area contributed by atoms with Crippen molar-refractivity contribution in [2.75, 3.05) is 0 Å². The van der Waals surface area contributed by atoms with Crippen molar-refractivity contribution >= 4 is 11.6 Å². The molecule has 2 atom stereocenters. The molecule has 19 heavy (non-hydrogen) atoms. The van der Waals surface area contributed by atoms with Crippen LogP contribution in [0, 0.1) is 6.92 Å². The predicted octanol–water partition coefficient (Wildman–Crippen LogP) is 3.69. The van der Waals surface area contributed by atoms with Crippen LogP contribution in [0.4, 0.5) is 0 Å². The first kappa shape index (κ1) is 12.5. The standard InChI is InChI=1S/C16H15ClO2/c1-10-7-15-12(8-13(10)17)9-14(18)16(19-15)11-5-3-2-4-6-11/h2-8,14,16,18H,9H2,1H3/t14-,16+/m0/s1. The van der Waals surface area contributed by atoms with E-state index in [1.54, 1.807) is 0 Å². The van der Waals surface area contributed by atoms with Crippen molar-refractivity contribution in [3.05, 3.63) is 64.2 Å². The van der Waals surface area contributed by atoms with E-state index >= 15 is 0 Å². The maximum Gasteiger partial charge on any atom is 0.150 e. The molecule has 2 nitrogen and oxygen atoms in total. The zero-order valence-electron chi connectivity index (χ0n) is 10.6. The number of aliphatic hydroxyl groups is 1. The summed E-state index contributed by atoms with van der Waals surface area (Å²) in [7, 11) is 0. The number of hydrogen-bond acceptors (Lipinski definition) is 2. The molecule has 2 aromatic carbocycles. The molecule has 0 spiro atoms. The Morgan fingerprint density at radius 2 is 1.95 bits per heavy atom. The Kier molecular flexibility index (Phi) is 3.21. The average molecular weight is 275 g/mol. The van der Waals surface area contributed by atoms with Gasteiger partial charge in [0.2, 0.25) is 0 Å². The Balaban J connectivity index is 1.98. The van der Waals surface area contributed by atoms with E-state index in [4.69, 9.17) is 16.3 Å². The van der Waals surface area contributed by atoms with Crippen molar-refractivity contribution in [2.45, 2.75) is 25.6 Å². The van der Waals surface area contributed by atoms with Crippen LogP contribution in [0.5, 0.6) is 5.75 Å². The summed E-state index contributed by atoms with van der Waals surface area (Å²) in [5, 5.41) is 11.0. The van der Waals surface area contributed by atoms with Crippen LogP contribution in [0.15, 0.2) is 42.5 Å². The van der Waals surface area contributed by atoms with Crippen LogP contribution in [0.1, 0.15) is 22.8 Å². The van der Waals surface area contributed by atoms with Gasteiger partial charge in [-0.3, -0.25) is 0 Å². The summed E-state index contributed by atoms with van der Waals surface area (Å²) >= 11 is 6.11. The summed E-state index contributed by atoms with van der Waals surface area (Å²) in [5.41, 5.74) is 2.95. The van der Waals surface area contributed by atoms with Crippen molar-refractivity contribution < 1.29 is 9.84 Å². The molecule has 2 aromatic rings. The highest BCUT2D eigenvalue weighted by Gasteiger charge is 2.30. The van der Waals surface area contributed by atoms with E-state index in [-0.39, 0.29) is 6.10 Å². The van der Waals surface area contributed by atoms with Gasteiger partial charge in [0.15, 0.2) is 0 Å². The van der Waals surface area contributed by atoms with Gasteiger partial charge in [0.25, 0.3) is 0 Å². The van der Waals surface area contributed by atoms with Crippen LogP contribution in [0.2, 0.25) is 5.02 Å². The third-order valence-corrected chi connectivity index (χ3v) is 3.91. The minimum atomic E-state index is -0.548. The highest BCUT2D eigenvalue weighted by molar-refractivity contribution is 6.31. The number of ether oxygens (including phenoxy) is 1. The highest BCUT2D eigenvalue weighted by Crippen LogP contribution is 2.37. The summed E-state index contributed by atoms with van der Waals surface area (Å²) in [6.45, 7) is 1.95. The fraction of sp³-hybridized carbons (Fsp3) is 0.250. The van der Waals surface area contributed by atoms with Crippen molar-refractivity contribution in [2.24, 2.45) is 0 Å². The molecule has 3 heteroatoms. The molecule has 0 saturated carbocycles. The lowest BCUT2D eigenvalue weighted by atomic mass is 9.94. The normalized spacial score (nSPS) is 21.6. The molecule has 1 N–H and O–H groups in total. The first-order valence-electron chi connectivity index (χ1n) is 6.34. The van der Waals surface area contributed by atoms with Gasteiger partial charge in [-0.05, 0) is 35.7 Å². The van der Waals surface area contributed by atoms with Crippen LogP contribution in [0.25, 0.3) is 0 Å². The molecule has 0 bridgehead atoms. The fourth-order valence-corrected chi connectivity index (χ4v) is 2.63. The van der Waals surface area contributed by atoms with E-state index in [9.17, 15) is 5.11 Å². The molecule has 0 amide bonds. The topological polar surface area (TPSA) is 29.5 Å². The van der Waals surface area contributed by atoms with Gasteiger partial charge >= 0.3 is 0 Å². The first-order chi connectivity index (χ1) is 9.15. The number of benzene rings is 2. The molecular weight excluding hydrogens is 260 g/mol. The number of aryl methyl sites for hydroxylation is 1. The molecule has 0 fully saturated rings. The monoisotopic (exact) mass is 274 g/mol. The lowest BCUT2D eigenvalue weighted by Crippen LogP contribution is -2.30. The Labute approximate surface area is 117 Å². The number of halogens is 1. The molecule has 0 unspecified atom stereocenters. The van der Waals surface area contributed by atoms with E-state index in [0.717, 1.165) is 22.4 Å². The SMILES string of the molecule is Cc1cc2c(cc1Cl)C[C@H](O)[C@@H](c1ccccc1)O2. The largest absolute Gasteiger partial charge is 0.483 e. The molecule has 1 heterocycles. The third kappa shape index (κ3) is 2.34. The number of rotatable bonds is 1. The van der Waals surface area contributed by atoms with Crippen molar-refractivity contribution in [3.8, 4) is 5.75 Å². The van der Waals surface area contributed by atoms with Gasteiger partial charge in [-0.15, -0.1) is 0 Å². The van der Waals surface area contributed by atoms with E-state index in [1.807, 2.05) is 49.4 Å². The number of aliphatic hydroxyl groups excluding tert-OH is 1. The minimum Gasteiger partial charge on any atom is -0.483 e. The Morgan fingerprint density at radius 3 is 2.68 bits per heavy atom. The van der Waals surface area contributed by atoms with Crippen LogP contribution in [-0.4, -0.2) is 11.2 Å². The second-order valence-corrected chi connectivity index (χ2v) is 5.34. The Morgan fingerprint density at radius 1 is 1.21 bits per heavy atom. The molecular formula is C16H15ClO2. The second kappa shape index (κ2) is 4.87. The lowest BCUT2D eigenvalue weighted by molar-refractivity contribution is 0.0208. The first-order valence-corrected chi connectivity index (χ1v) is 6.71. The van der Waals surface area contributed by atoms with Crippen molar-refractivity contribution in [1.82, 2.24) is 0 Å². The second-order valence-electron chi connectivity index (χ2n) is 4.93. The average Bonchev–Trinajstić information content (AvgIpc) is 2.41. The molecule has 98 valence electrons. The van der Waals surface area contributed by atoms with Gasteiger partial charge in [0.05, 0.1) is 6.10 Å². The molecule has 1 aliphatic rings. The van der Waals surface area contributed by atoms with Gasteiger partial charge in [-0.25, -0.2) is 0 Å². The Bertz CT molecular complexity index is 595. The predicted molar refractivity (Wildman–Crippen MR) is 75.7 cm³/mol. The highest BCUT2D eigenvalue weighted by atomic mass is 35.5. The summed E-state index contributed by atoms with van der Waals surface area (Å²) < 4.78 is 5.96.